The van der Waals surface area contributed by atoms with Crippen LogP contribution in [0, 0.1) is 0 Å². The summed E-state index contributed by atoms with van der Waals surface area (Å²) in [6, 6.07) is 0. The monoisotopic (exact) mass is 511 g/mol. The summed E-state index contributed by atoms with van der Waals surface area (Å²) < 4.78 is 0. The van der Waals surface area contributed by atoms with Crippen molar-refractivity contribution in [2.24, 2.45) is 0 Å². The minimum absolute atomic E-state index is 0.161. The minimum atomic E-state index is 0.161. The molecular weight excluding hydrogens is 440 g/mol. The second kappa shape index (κ2) is 12.8. The molecule has 0 saturated heterocycles. The number of nitrogens with zero attached hydrogens (tertiary/aromatic N) is 4. The molecule has 0 heterocycles. The zero-order valence-corrected chi connectivity index (χ0v) is 28.4. The lowest BCUT2D eigenvalue weighted by Crippen LogP contribution is -2.55. The van der Waals surface area contributed by atoms with E-state index in [9.17, 15) is 0 Å². The fourth-order valence-electron chi connectivity index (χ4n) is 6.51. The van der Waals surface area contributed by atoms with Crippen LogP contribution in [0.25, 0.3) is 0 Å². The molecule has 0 radical (unpaired) electrons. The largest absolute Gasteiger partial charge is 0.302 e. The Balaban J connectivity index is 5.52. The highest BCUT2D eigenvalue weighted by Gasteiger charge is 2.33. The molecular formula is C32H70N4. The zero-order valence-electron chi connectivity index (χ0n) is 28.4. The van der Waals surface area contributed by atoms with Crippen molar-refractivity contribution in [1.29, 1.82) is 0 Å². The summed E-state index contributed by atoms with van der Waals surface area (Å²) in [4.78, 5) is 10.8. The smallest absolute Gasteiger partial charge is 0.0130 e. The third kappa shape index (κ3) is 13.1. The van der Waals surface area contributed by atoms with Crippen molar-refractivity contribution in [3.63, 3.8) is 0 Å². The number of hydrogen-bond donors (Lipinski definition) is 0. The zero-order chi connectivity index (χ0) is 29.0. The highest BCUT2D eigenvalue weighted by atomic mass is 15.3. The Labute approximate surface area is 229 Å². The van der Waals surface area contributed by atoms with Gasteiger partial charge in [0.05, 0.1) is 0 Å². The van der Waals surface area contributed by atoms with Gasteiger partial charge in [-0.15, -0.1) is 0 Å². The van der Waals surface area contributed by atoms with Crippen LogP contribution in [0.3, 0.4) is 0 Å². The Morgan fingerprint density at radius 3 is 0.722 bits per heavy atom. The molecule has 0 amide bonds. The van der Waals surface area contributed by atoms with E-state index in [0.29, 0.717) is 0 Å². The quantitative estimate of drug-likeness (QED) is 0.281. The molecule has 36 heavy (non-hydrogen) atoms. The van der Waals surface area contributed by atoms with Gasteiger partial charge in [0.15, 0.2) is 0 Å². The van der Waals surface area contributed by atoms with Crippen LogP contribution in [0.2, 0.25) is 0 Å². The predicted molar refractivity (Wildman–Crippen MR) is 164 cm³/mol. The van der Waals surface area contributed by atoms with Crippen molar-refractivity contribution in [3.8, 4) is 0 Å². The third-order valence-corrected chi connectivity index (χ3v) is 7.21. The topological polar surface area (TPSA) is 13.0 Å². The molecule has 0 unspecified atom stereocenters. The number of rotatable bonds is 11. The van der Waals surface area contributed by atoms with E-state index in [-0.39, 0.29) is 33.2 Å². The van der Waals surface area contributed by atoms with Gasteiger partial charge >= 0.3 is 0 Å². The van der Waals surface area contributed by atoms with Gasteiger partial charge < -0.3 is 4.90 Å². The molecule has 0 saturated carbocycles. The molecule has 0 aromatic rings. The first kappa shape index (κ1) is 35.8. The minimum Gasteiger partial charge on any atom is -0.302 e. The van der Waals surface area contributed by atoms with Gasteiger partial charge in [-0.05, 0) is 151 Å². The van der Waals surface area contributed by atoms with Gasteiger partial charge in [-0.3, -0.25) is 14.7 Å². The normalized spacial score (nSPS) is 15.2. The van der Waals surface area contributed by atoms with Crippen molar-refractivity contribution in [2.75, 3.05) is 39.3 Å². The molecule has 0 aromatic carbocycles. The average molecular weight is 511 g/mol. The standard InChI is InChI=1S/C32H70N4/c1-27(2,3)34(28(4,5)6)23-19-21-33(25-26-36(31(13,14)15)32(16,17)18)22-20-24-35(29(7,8)9)30(10,11)12/h19-26H2,1-18H3. The van der Waals surface area contributed by atoms with E-state index in [4.69, 9.17) is 0 Å². The molecule has 0 aromatic heterocycles. The van der Waals surface area contributed by atoms with Gasteiger partial charge in [0, 0.05) is 59.4 Å². The summed E-state index contributed by atoms with van der Waals surface area (Å²) in [7, 11) is 0. The van der Waals surface area contributed by atoms with Gasteiger partial charge in [-0.25, -0.2) is 0 Å². The van der Waals surface area contributed by atoms with Crippen LogP contribution < -0.4 is 0 Å². The van der Waals surface area contributed by atoms with Crippen LogP contribution in [-0.2, 0) is 0 Å². The molecule has 0 atom stereocenters. The maximum Gasteiger partial charge on any atom is 0.0130 e. The van der Waals surface area contributed by atoms with E-state index in [1.165, 1.54) is 12.8 Å². The Kier molecular flexibility index (Phi) is 12.7. The van der Waals surface area contributed by atoms with E-state index in [1.54, 1.807) is 0 Å². The highest BCUT2D eigenvalue weighted by Crippen LogP contribution is 2.27. The Morgan fingerprint density at radius 1 is 0.278 bits per heavy atom. The van der Waals surface area contributed by atoms with Gasteiger partial charge in [0.2, 0.25) is 0 Å². The van der Waals surface area contributed by atoms with E-state index in [1.807, 2.05) is 0 Å². The molecule has 0 rings (SSSR count). The maximum absolute atomic E-state index is 2.75. The SMILES string of the molecule is CC(C)(C)N(CCCN(CCCN(C(C)(C)C)C(C)(C)C)CCN(C(C)(C)C)C(C)(C)C)C(C)(C)C. The first-order valence-electron chi connectivity index (χ1n) is 14.7. The first-order valence-corrected chi connectivity index (χ1v) is 14.7. The summed E-state index contributed by atoms with van der Waals surface area (Å²) in [5.41, 5.74) is 1.04. The van der Waals surface area contributed by atoms with Crippen LogP contribution in [0.15, 0.2) is 0 Å². The average Bonchev–Trinajstić information content (AvgIpc) is 2.54. The van der Waals surface area contributed by atoms with Crippen molar-refractivity contribution in [3.05, 3.63) is 0 Å². The number of hydrogen-bond acceptors (Lipinski definition) is 4. The fourth-order valence-corrected chi connectivity index (χ4v) is 6.51. The molecule has 0 aliphatic carbocycles. The van der Waals surface area contributed by atoms with Crippen LogP contribution >= 0.6 is 0 Å². The van der Waals surface area contributed by atoms with E-state index >= 15 is 0 Å². The second-order valence-electron chi connectivity index (χ2n) is 17.0. The molecule has 218 valence electrons. The van der Waals surface area contributed by atoms with Crippen LogP contribution in [0.1, 0.15) is 137 Å². The molecule has 0 aliphatic heterocycles. The molecule has 4 heteroatoms. The summed E-state index contributed by atoms with van der Waals surface area (Å²) in [5, 5.41) is 0. The van der Waals surface area contributed by atoms with Crippen molar-refractivity contribution in [1.82, 2.24) is 19.6 Å². The van der Waals surface area contributed by atoms with Crippen LogP contribution in [0.4, 0.5) is 0 Å². The lowest BCUT2D eigenvalue weighted by atomic mass is 9.95. The Morgan fingerprint density at radius 2 is 0.500 bits per heavy atom. The summed E-state index contributed by atoms with van der Waals surface area (Å²) >= 11 is 0. The highest BCUT2D eigenvalue weighted by molar-refractivity contribution is 4.90. The van der Waals surface area contributed by atoms with Crippen molar-refractivity contribution < 1.29 is 0 Å². The van der Waals surface area contributed by atoms with Gasteiger partial charge in [0.25, 0.3) is 0 Å². The van der Waals surface area contributed by atoms with Gasteiger partial charge in [0.1, 0.15) is 0 Å². The first-order chi connectivity index (χ1) is 15.7. The van der Waals surface area contributed by atoms with E-state index in [0.717, 1.165) is 39.3 Å². The predicted octanol–water partition coefficient (Wildman–Crippen LogP) is 7.77. The van der Waals surface area contributed by atoms with Gasteiger partial charge in [-0.2, -0.15) is 0 Å². The molecule has 4 nitrogen and oxygen atoms in total. The summed E-state index contributed by atoms with van der Waals surface area (Å²) in [5.74, 6) is 0. The van der Waals surface area contributed by atoms with E-state index < -0.39 is 0 Å². The van der Waals surface area contributed by atoms with Gasteiger partial charge in [-0.1, -0.05) is 0 Å². The molecule has 0 spiro atoms. The molecule has 0 fully saturated rings. The third-order valence-electron chi connectivity index (χ3n) is 7.21. The Hall–Kier alpha value is -0.160. The lowest BCUT2D eigenvalue weighted by Gasteiger charge is -2.47. The van der Waals surface area contributed by atoms with Crippen molar-refractivity contribution in [2.45, 2.75) is 171 Å². The summed E-state index contributed by atoms with van der Waals surface area (Å²) in [6.45, 7) is 49.3. The fraction of sp³-hybridized carbons (Fsp3) is 1.00. The van der Waals surface area contributed by atoms with E-state index in [2.05, 4.69) is 144 Å². The Bertz CT molecular complexity index is 531. The summed E-state index contributed by atoms with van der Waals surface area (Å²) in [6.07, 6.45) is 2.42. The molecule has 0 aliphatic rings. The van der Waals surface area contributed by atoms with Crippen LogP contribution in [-0.4, -0.2) is 92.1 Å². The maximum atomic E-state index is 2.75. The molecule has 0 N–H and O–H groups in total. The van der Waals surface area contributed by atoms with Crippen molar-refractivity contribution >= 4 is 0 Å². The molecule has 0 bridgehead atoms. The van der Waals surface area contributed by atoms with Crippen LogP contribution in [0.5, 0.6) is 0 Å². The lowest BCUT2D eigenvalue weighted by molar-refractivity contribution is 0.0173. The second-order valence-corrected chi connectivity index (χ2v) is 17.0.